The van der Waals surface area contributed by atoms with E-state index in [4.69, 9.17) is 4.42 Å². The number of rotatable bonds is 5. The van der Waals surface area contributed by atoms with Crippen LogP contribution in [-0.2, 0) is 6.54 Å². The molecule has 1 aliphatic heterocycles. The van der Waals surface area contributed by atoms with Crippen molar-refractivity contribution in [3.63, 3.8) is 0 Å². The summed E-state index contributed by atoms with van der Waals surface area (Å²) in [5, 5.41) is 4.64. The first-order chi connectivity index (χ1) is 15.2. The molecule has 0 atom stereocenters. The number of aromatic nitrogens is 3. The summed E-state index contributed by atoms with van der Waals surface area (Å²) in [6.45, 7) is 5.01. The van der Waals surface area contributed by atoms with Crippen LogP contribution in [0.4, 0.5) is 4.39 Å². The minimum absolute atomic E-state index is 0.249. The Kier molecular flexibility index (Phi) is 5.36. The van der Waals surface area contributed by atoms with Gasteiger partial charge in [-0.3, -0.25) is 4.90 Å². The van der Waals surface area contributed by atoms with Gasteiger partial charge in [-0.25, -0.2) is 14.1 Å². The van der Waals surface area contributed by atoms with Crippen LogP contribution < -0.4 is 0 Å². The molecule has 1 fully saturated rings. The van der Waals surface area contributed by atoms with Crippen LogP contribution in [0.3, 0.4) is 0 Å². The van der Waals surface area contributed by atoms with Gasteiger partial charge in [0, 0.05) is 50.0 Å². The maximum atomic E-state index is 13.2. The summed E-state index contributed by atoms with van der Waals surface area (Å²) < 4.78 is 20.8. The third-order valence-corrected chi connectivity index (χ3v) is 5.73. The molecule has 0 bridgehead atoms. The van der Waals surface area contributed by atoms with Crippen molar-refractivity contribution >= 4 is 0 Å². The van der Waals surface area contributed by atoms with Crippen LogP contribution in [0, 0.1) is 5.82 Å². The topological polar surface area (TPSA) is 50.3 Å². The molecule has 4 aromatic rings. The molecule has 0 radical (unpaired) electrons. The molecule has 4 heterocycles. The van der Waals surface area contributed by atoms with Gasteiger partial charge in [-0.05, 0) is 49.0 Å². The van der Waals surface area contributed by atoms with E-state index in [9.17, 15) is 4.39 Å². The van der Waals surface area contributed by atoms with Crippen LogP contribution in [0.2, 0.25) is 0 Å². The molecule has 0 aliphatic carbocycles. The summed E-state index contributed by atoms with van der Waals surface area (Å²) in [5.41, 5.74) is 3.88. The Morgan fingerprint density at radius 3 is 2.39 bits per heavy atom. The van der Waals surface area contributed by atoms with E-state index in [1.54, 1.807) is 24.6 Å². The fourth-order valence-corrected chi connectivity index (χ4v) is 3.92. The Morgan fingerprint density at radius 1 is 0.935 bits per heavy atom. The number of hydrogen-bond acceptors (Lipinski definition) is 5. The number of halogens is 1. The standard InChI is InChI=1S/C24H24FN5O/c1-28-10-12-29(13-11-28)17-20-16-27-30(24(20)22-3-2-14-31-22)23-9-6-19(15-26-23)18-4-7-21(25)8-5-18/h2-9,14-16H,10-13,17H2,1H3. The predicted molar refractivity (Wildman–Crippen MR) is 117 cm³/mol. The molecule has 31 heavy (non-hydrogen) atoms. The van der Waals surface area contributed by atoms with Crippen molar-refractivity contribution < 1.29 is 8.81 Å². The van der Waals surface area contributed by atoms with E-state index in [0.29, 0.717) is 5.82 Å². The lowest BCUT2D eigenvalue weighted by atomic mass is 10.1. The van der Waals surface area contributed by atoms with E-state index in [0.717, 1.165) is 60.9 Å². The number of nitrogens with zero attached hydrogens (tertiary/aromatic N) is 5. The molecular weight excluding hydrogens is 393 g/mol. The van der Waals surface area contributed by atoms with Gasteiger partial charge in [-0.15, -0.1) is 0 Å². The first kappa shape index (κ1) is 19.7. The lowest BCUT2D eigenvalue weighted by Gasteiger charge is -2.32. The van der Waals surface area contributed by atoms with Gasteiger partial charge in [0.2, 0.25) is 0 Å². The molecule has 0 amide bonds. The van der Waals surface area contributed by atoms with E-state index in [-0.39, 0.29) is 5.82 Å². The second kappa shape index (κ2) is 8.45. The summed E-state index contributed by atoms with van der Waals surface area (Å²) >= 11 is 0. The van der Waals surface area contributed by atoms with Crippen molar-refractivity contribution in [1.82, 2.24) is 24.6 Å². The van der Waals surface area contributed by atoms with Crippen molar-refractivity contribution in [3.8, 4) is 28.4 Å². The molecule has 0 spiro atoms. The van der Waals surface area contributed by atoms with E-state index < -0.39 is 0 Å². The van der Waals surface area contributed by atoms with Crippen molar-refractivity contribution in [3.05, 3.63) is 78.6 Å². The normalized spacial score (nSPS) is 15.4. The molecule has 6 nitrogen and oxygen atoms in total. The minimum Gasteiger partial charge on any atom is -0.463 e. The molecule has 0 N–H and O–H groups in total. The Labute approximate surface area is 180 Å². The molecule has 5 rings (SSSR count). The predicted octanol–water partition coefficient (Wildman–Crippen LogP) is 4.08. The van der Waals surface area contributed by atoms with Crippen molar-refractivity contribution in [2.24, 2.45) is 0 Å². The molecule has 0 unspecified atom stereocenters. The number of likely N-dealkylation sites (N-methyl/N-ethyl adjacent to an activating group) is 1. The Balaban J connectivity index is 1.46. The largest absolute Gasteiger partial charge is 0.463 e. The third kappa shape index (κ3) is 4.15. The fourth-order valence-electron chi connectivity index (χ4n) is 3.92. The summed E-state index contributed by atoms with van der Waals surface area (Å²) in [7, 11) is 2.16. The van der Waals surface area contributed by atoms with Gasteiger partial charge in [0.1, 0.15) is 11.5 Å². The number of hydrogen-bond donors (Lipinski definition) is 0. The Hall–Kier alpha value is -3.29. The van der Waals surface area contributed by atoms with Gasteiger partial charge in [0.15, 0.2) is 11.6 Å². The van der Waals surface area contributed by atoms with Crippen molar-refractivity contribution in [1.29, 1.82) is 0 Å². The SMILES string of the molecule is CN1CCN(Cc2cnn(-c3ccc(-c4ccc(F)cc4)cn3)c2-c2ccco2)CC1. The number of piperazine rings is 1. The molecule has 1 aliphatic rings. The molecule has 158 valence electrons. The fraction of sp³-hybridized carbons (Fsp3) is 0.250. The van der Waals surface area contributed by atoms with Gasteiger partial charge in [-0.2, -0.15) is 5.10 Å². The average Bonchev–Trinajstić information content (AvgIpc) is 3.46. The van der Waals surface area contributed by atoms with Crippen LogP contribution in [0.1, 0.15) is 5.56 Å². The third-order valence-electron chi connectivity index (χ3n) is 5.73. The molecule has 0 saturated carbocycles. The number of pyridine rings is 1. The van der Waals surface area contributed by atoms with Crippen LogP contribution in [0.15, 0.2) is 71.6 Å². The smallest absolute Gasteiger partial charge is 0.154 e. The van der Waals surface area contributed by atoms with Crippen LogP contribution in [0.25, 0.3) is 28.4 Å². The van der Waals surface area contributed by atoms with E-state index in [2.05, 4.69) is 26.9 Å². The zero-order valence-corrected chi connectivity index (χ0v) is 17.4. The lowest BCUT2D eigenvalue weighted by Crippen LogP contribution is -2.43. The van der Waals surface area contributed by atoms with Crippen LogP contribution >= 0.6 is 0 Å². The average molecular weight is 417 g/mol. The molecule has 1 aromatic carbocycles. The highest BCUT2D eigenvalue weighted by atomic mass is 19.1. The minimum atomic E-state index is -0.249. The van der Waals surface area contributed by atoms with Gasteiger partial charge in [-0.1, -0.05) is 12.1 Å². The summed E-state index contributed by atoms with van der Waals surface area (Å²) in [4.78, 5) is 9.42. The zero-order chi connectivity index (χ0) is 21.2. The highest BCUT2D eigenvalue weighted by Gasteiger charge is 2.21. The Bertz CT molecular complexity index is 1130. The van der Waals surface area contributed by atoms with E-state index >= 15 is 0 Å². The summed E-state index contributed by atoms with van der Waals surface area (Å²) in [6, 6.07) is 14.2. The van der Waals surface area contributed by atoms with E-state index in [1.807, 2.05) is 35.1 Å². The van der Waals surface area contributed by atoms with E-state index in [1.165, 1.54) is 12.1 Å². The quantitative estimate of drug-likeness (QED) is 0.490. The highest BCUT2D eigenvalue weighted by Crippen LogP contribution is 2.28. The van der Waals surface area contributed by atoms with Gasteiger partial charge in [0.25, 0.3) is 0 Å². The summed E-state index contributed by atoms with van der Waals surface area (Å²) in [6.07, 6.45) is 5.37. The van der Waals surface area contributed by atoms with Gasteiger partial charge >= 0.3 is 0 Å². The Morgan fingerprint density at radius 2 is 1.71 bits per heavy atom. The maximum absolute atomic E-state index is 13.2. The second-order valence-corrected chi connectivity index (χ2v) is 7.90. The zero-order valence-electron chi connectivity index (χ0n) is 17.4. The summed E-state index contributed by atoms with van der Waals surface area (Å²) in [5.74, 6) is 1.23. The monoisotopic (exact) mass is 417 g/mol. The molecule has 3 aromatic heterocycles. The molecular formula is C24H24FN5O. The number of furan rings is 1. The van der Waals surface area contributed by atoms with Crippen LogP contribution in [-0.4, -0.2) is 57.8 Å². The maximum Gasteiger partial charge on any atom is 0.154 e. The first-order valence-electron chi connectivity index (χ1n) is 10.4. The van der Waals surface area contributed by atoms with Gasteiger partial charge < -0.3 is 9.32 Å². The van der Waals surface area contributed by atoms with Crippen molar-refractivity contribution in [2.45, 2.75) is 6.54 Å². The van der Waals surface area contributed by atoms with Crippen LogP contribution in [0.5, 0.6) is 0 Å². The van der Waals surface area contributed by atoms with Gasteiger partial charge in [0.05, 0.1) is 12.5 Å². The lowest BCUT2D eigenvalue weighted by molar-refractivity contribution is 0.148. The highest BCUT2D eigenvalue weighted by molar-refractivity contribution is 5.64. The molecule has 7 heteroatoms. The number of benzene rings is 1. The second-order valence-electron chi connectivity index (χ2n) is 7.90. The first-order valence-corrected chi connectivity index (χ1v) is 10.4. The van der Waals surface area contributed by atoms with Crippen molar-refractivity contribution in [2.75, 3.05) is 33.2 Å². The molecule has 1 saturated heterocycles.